The first-order chi connectivity index (χ1) is 12.2. The summed E-state index contributed by atoms with van der Waals surface area (Å²) in [6, 6.07) is 0.460. The normalized spacial score (nSPS) is 26.4. The van der Waals surface area contributed by atoms with Crippen LogP contribution in [0.3, 0.4) is 0 Å². The zero-order valence-electron chi connectivity index (χ0n) is 14.7. The number of aromatic nitrogens is 2. The van der Waals surface area contributed by atoms with Crippen LogP contribution < -0.4 is 16.4 Å². The number of nitrogens with two attached hydrogens (primary N) is 1. The van der Waals surface area contributed by atoms with Gasteiger partial charge in [-0.1, -0.05) is 0 Å². The maximum atomic E-state index is 11.6. The zero-order chi connectivity index (χ0) is 17.6. The molecule has 1 atom stereocenters. The Kier molecular flexibility index (Phi) is 6.04. The lowest BCUT2D eigenvalue weighted by Crippen LogP contribution is -2.31. The summed E-state index contributed by atoms with van der Waals surface area (Å²) in [6.07, 6.45) is 6.84. The Labute approximate surface area is 147 Å². The number of hydrogen-bond donors (Lipinski definition) is 3. The number of nitrogens with one attached hydrogen (secondary N) is 2. The summed E-state index contributed by atoms with van der Waals surface area (Å²) in [7, 11) is 0. The molecule has 1 saturated heterocycles. The van der Waals surface area contributed by atoms with Gasteiger partial charge in [-0.15, -0.1) is 0 Å². The van der Waals surface area contributed by atoms with Crippen molar-refractivity contribution in [2.24, 2.45) is 5.73 Å². The minimum atomic E-state index is -0.537. The standard InChI is InChI=1S/C17H27N5O3/c1-2-25-13-5-3-11(4-6-13)21-17-19-9-14(15(18)23)16(22-17)20-12-7-8-24-10-12/h9,11-13H,2-8,10H2,1H3,(H2,18,23)(H2,19,20,21,22)/t11?,12-,13?/m0/s1. The van der Waals surface area contributed by atoms with E-state index >= 15 is 0 Å². The van der Waals surface area contributed by atoms with Crippen molar-refractivity contribution in [2.75, 3.05) is 30.5 Å². The van der Waals surface area contributed by atoms with Crippen molar-refractivity contribution in [1.82, 2.24) is 9.97 Å². The average molecular weight is 349 g/mol. The van der Waals surface area contributed by atoms with E-state index in [9.17, 15) is 4.79 Å². The van der Waals surface area contributed by atoms with E-state index in [1.54, 1.807) is 0 Å². The molecule has 0 spiro atoms. The largest absolute Gasteiger partial charge is 0.379 e. The number of nitrogens with zero attached hydrogens (tertiary/aromatic N) is 2. The van der Waals surface area contributed by atoms with E-state index in [1.807, 2.05) is 6.92 Å². The van der Waals surface area contributed by atoms with Crippen molar-refractivity contribution < 1.29 is 14.3 Å². The van der Waals surface area contributed by atoms with Gasteiger partial charge in [0.05, 0.1) is 24.3 Å². The molecular formula is C17H27N5O3. The number of amides is 1. The molecule has 4 N–H and O–H groups in total. The van der Waals surface area contributed by atoms with Gasteiger partial charge in [-0.25, -0.2) is 4.98 Å². The molecule has 8 nitrogen and oxygen atoms in total. The smallest absolute Gasteiger partial charge is 0.254 e. The number of primary amides is 1. The number of ether oxygens (including phenoxy) is 2. The predicted octanol–water partition coefficient (Wildman–Crippen LogP) is 1.54. The summed E-state index contributed by atoms with van der Waals surface area (Å²) in [6.45, 7) is 4.11. The van der Waals surface area contributed by atoms with E-state index in [2.05, 4.69) is 20.6 Å². The molecular weight excluding hydrogens is 322 g/mol. The third-order valence-electron chi connectivity index (χ3n) is 4.73. The van der Waals surface area contributed by atoms with Crippen molar-refractivity contribution in [3.63, 3.8) is 0 Å². The van der Waals surface area contributed by atoms with Crippen LogP contribution >= 0.6 is 0 Å². The molecule has 25 heavy (non-hydrogen) atoms. The zero-order valence-corrected chi connectivity index (χ0v) is 14.7. The van der Waals surface area contributed by atoms with Crippen LogP contribution in [0.2, 0.25) is 0 Å². The van der Waals surface area contributed by atoms with Gasteiger partial charge in [-0.3, -0.25) is 4.79 Å². The second-order valence-corrected chi connectivity index (χ2v) is 6.60. The minimum absolute atomic E-state index is 0.141. The van der Waals surface area contributed by atoms with Crippen molar-refractivity contribution in [2.45, 2.75) is 57.2 Å². The van der Waals surface area contributed by atoms with E-state index in [1.165, 1.54) is 6.20 Å². The number of anilines is 2. The third-order valence-corrected chi connectivity index (χ3v) is 4.73. The topological polar surface area (TPSA) is 111 Å². The Bertz CT molecular complexity index is 584. The molecule has 1 aromatic rings. The van der Waals surface area contributed by atoms with Gasteiger partial charge in [-0.2, -0.15) is 4.98 Å². The minimum Gasteiger partial charge on any atom is -0.379 e. The molecule has 2 aliphatic rings. The first kappa shape index (κ1) is 17.9. The maximum Gasteiger partial charge on any atom is 0.254 e. The predicted molar refractivity (Wildman–Crippen MR) is 94.7 cm³/mol. The maximum absolute atomic E-state index is 11.6. The number of hydrogen-bond acceptors (Lipinski definition) is 7. The Morgan fingerprint density at radius 2 is 2.08 bits per heavy atom. The molecule has 1 saturated carbocycles. The van der Waals surface area contributed by atoms with Crippen LogP contribution in [0.25, 0.3) is 0 Å². The second kappa shape index (κ2) is 8.44. The molecule has 3 rings (SSSR count). The van der Waals surface area contributed by atoms with Gasteiger partial charge < -0.3 is 25.8 Å². The summed E-state index contributed by atoms with van der Waals surface area (Å²) in [5.74, 6) is 0.458. The lowest BCUT2D eigenvalue weighted by atomic mass is 9.93. The van der Waals surface area contributed by atoms with Crippen molar-refractivity contribution in [1.29, 1.82) is 0 Å². The Morgan fingerprint density at radius 1 is 1.28 bits per heavy atom. The number of carbonyl (C=O) groups excluding carboxylic acids is 1. The molecule has 0 radical (unpaired) electrons. The first-order valence-corrected chi connectivity index (χ1v) is 9.05. The van der Waals surface area contributed by atoms with E-state index < -0.39 is 5.91 Å². The van der Waals surface area contributed by atoms with E-state index in [0.29, 0.717) is 42.7 Å². The lowest BCUT2D eigenvalue weighted by Gasteiger charge is -2.29. The lowest BCUT2D eigenvalue weighted by molar-refractivity contribution is 0.0346. The van der Waals surface area contributed by atoms with Crippen LogP contribution in [0.15, 0.2) is 6.20 Å². The molecule has 1 aromatic heterocycles. The summed E-state index contributed by atoms with van der Waals surface area (Å²) in [5.41, 5.74) is 5.75. The highest BCUT2D eigenvalue weighted by molar-refractivity contribution is 5.97. The molecule has 138 valence electrons. The molecule has 2 fully saturated rings. The first-order valence-electron chi connectivity index (χ1n) is 9.05. The van der Waals surface area contributed by atoms with Crippen LogP contribution in [-0.2, 0) is 9.47 Å². The van der Waals surface area contributed by atoms with Crippen LogP contribution in [-0.4, -0.2) is 53.9 Å². The van der Waals surface area contributed by atoms with Gasteiger partial charge in [-0.05, 0) is 39.0 Å². The summed E-state index contributed by atoms with van der Waals surface area (Å²) >= 11 is 0. The van der Waals surface area contributed by atoms with Crippen molar-refractivity contribution >= 4 is 17.7 Å². The molecule has 2 heterocycles. The number of carbonyl (C=O) groups is 1. The Balaban J connectivity index is 1.64. The van der Waals surface area contributed by atoms with Crippen molar-refractivity contribution in [3.8, 4) is 0 Å². The highest BCUT2D eigenvalue weighted by atomic mass is 16.5. The molecule has 1 aliphatic heterocycles. The fourth-order valence-corrected chi connectivity index (χ4v) is 3.38. The van der Waals surface area contributed by atoms with Gasteiger partial charge in [0.15, 0.2) is 0 Å². The SMILES string of the molecule is CCOC1CCC(Nc2ncc(C(N)=O)c(N[C@H]3CCOC3)n2)CC1. The molecule has 0 unspecified atom stereocenters. The van der Waals surface area contributed by atoms with E-state index in [0.717, 1.165) is 38.7 Å². The van der Waals surface area contributed by atoms with Gasteiger partial charge in [0, 0.05) is 25.5 Å². The Hall–Kier alpha value is -1.93. The second-order valence-electron chi connectivity index (χ2n) is 6.60. The van der Waals surface area contributed by atoms with Gasteiger partial charge in [0.25, 0.3) is 5.91 Å². The Morgan fingerprint density at radius 3 is 2.72 bits per heavy atom. The van der Waals surface area contributed by atoms with Crippen molar-refractivity contribution in [3.05, 3.63) is 11.8 Å². The van der Waals surface area contributed by atoms with Crippen LogP contribution in [0.5, 0.6) is 0 Å². The molecule has 0 bridgehead atoms. The fraction of sp³-hybridized carbons (Fsp3) is 0.706. The molecule has 0 aromatic carbocycles. The monoisotopic (exact) mass is 349 g/mol. The van der Waals surface area contributed by atoms with Crippen LogP contribution in [0.4, 0.5) is 11.8 Å². The number of rotatable bonds is 7. The highest BCUT2D eigenvalue weighted by Crippen LogP contribution is 2.24. The van der Waals surface area contributed by atoms with Gasteiger partial charge >= 0.3 is 0 Å². The quantitative estimate of drug-likeness (QED) is 0.684. The van der Waals surface area contributed by atoms with Crippen LogP contribution in [0, 0.1) is 0 Å². The molecule has 1 amide bonds. The average Bonchev–Trinajstić information content (AvgIpc) is 3.10. The fourth-order valence-electron chi connectivity index (χ4n) is 3.38. The van der Waals surface area contributed by atoms with E-state index in [-0.39, 0.29) is 6.04 Å². The highest BCUT2D eigenvalue weighted by Gasteiger charge is 2.23. The van der Waals surface area contributed by atoms with Gasteiger partial charge in [0.1, 0.15) is 5.82 Å². The molecule has 1 aliphatic carbocycles. The summed E-state index contributed by atoms with van der Waals surface area (Å²) in [4.78, 5) is 20.4. The summed E-state index contributed by atoms with van der Waals surface area (Å²) in [5, 5.41) is 6.63. The molecule has 8 heteroatoms. The van der Waals surface area contributed by atoms with E-state index in [4.69, 9.17) is 15.2 Å². The third kappa shape index (κ3) is 4.79. The van der Waals surface area contributed by atoms with Gasteiger partial charge in [0.2, 0.25) is 5.95 Å². The van der Waals surface area contributed by atoms with Crippen LogP contribution in [0.1, 0.15) is 49.4 Å². The summed E-state index contributed by atoms with van der Waals surface area (Å²) < 4.78 is 11.0.